The van der Waals surface area contributed by atoms with Crippen LogP contribution in [-0.2, 0) is 16.1 Å². The van der Waals surface area contributed by atoms with Crippen molar-refractivity contribution in [1.29, 1.82) is 0 Å². The number of ether oxygens (including phenoxy) is 4. The summed E-state index contributed by atoms with van der Waals surface area (Å²) in [6, 6.07) is 16.2. The first kappa shape index (κ1) is 30.2. The normalized spacial score (nSPS) is 14.4. The Labute approximate surface area is 259 Å². The molecular formula is C32H28BrFN2O6S. The lowest BCUT2D eigenvalue weighted by molar-refractivity contribution is -0.136. The Morgan fingerprint density at radius 3 is 2.51 bits per heavy atom. The number of halogens is 2. The van der Waals surface area contributed by atoms with Crippen LogP contribution in [0.3, 0.4) is 0 Å². The molecule has 1 aliphatic rings. The maximum Gasteiger partial charge on any atom is 0.337 e. The standard InChI is InChI=1S/C32H28BrFN2O6S/c1-4-40-26-12-10-21(16-27(26)41-5-2)29-23(31(38)39-3)17-35-32-36(29)30(37)28(43-32)15-19-9-11-25(24(33)14-19)42-18-20-7-6-8-22(34)13-20/h6-17,29H,4-5,18H2,1-3H3/b28-15-/t29-/m0/s1. The molecule has 0 radical (unpaired) electrons. The fourth-order valence-electron chi connectivity index (χ4n) is 4.65. The van der Waals surface area contributed by atoms with E-state index in [9.17, 15) is 14.0 Å². The first-order chi connectivity index (χ1) is 20.8. The summed E-state index contributed by atoms with van der Waals surface area (Å²) >= 11 is 4.75. The highest BCUT2D eigenvalue weighted by Gasteiger charge is 2.31. The van der Waals surface area contributed by atoms with Gasteiger partial charge in [-0.1, -0.05) is 35.6 Å². The molecule has 8 nitrogen and oxygen atoms in total. The number of carbonyl (C=O) groups is 1. The molecule has 0 fully saturated rings. The molecule has 1 atom stereocenters. The van der Waals surface area contributed by atoms with E-state index in [1.807, 2.05) is 26.0 Å². The van der Waals surface area contributed by atoms with Crippen molar-refractivity contribution in [3.8, 4) is 17.2 Å². The minimum Gasteiger partial charge on any atom is -0.490 e. The molecule has 11 heteroatoms. The third kappa shape index (κ3) is 6.57. The van der Waals surface area contributed by atoms with E-state index in [0.29, 0.717) is 55.4 Å². The summed E-state index contributed by atoms with van der Waals surface area (Å²) in [5.41, 5.74) is 2.01. The van der Waals surface area contributed by atoms with Crippen molar-refractivity contribution < 1.29 is 28.1 Å². The van der Waals surface area contributed by atoms with E-state index in [1.165, 1.54) is 41.3 Å². The molecule has 3 aromatic carbocycles. The van der Waals surface area contributed by atoms with E-state index >= 15 is 0 Å². The fraction of sp³-hybridized carbons (Fsp3) is 0.219. The van der Waals surface area contributed by atoms with Gasteiger partial charge in [-0.3, -0.25) is 9.36 Å². The van der Waals surface area contributed by atoms with Crippen molar-refractivity contribution in [2.24, 2.45) is 4.99 Å². The molecule has 0 spiro atoms. The van der Waals surface area contributed by atoms with Gasteiger partial charge in [-0.05, 0) is 88.9 Å². The second-order valence-corrected chi connectivity index (χ2v) is 11.2. The van der Waals surface area contributed by atoms with Crippen LogP contribution in [0.2, 0.25) is 0 Å². The summed E-state index contributed by atoms with van der Waals surface area (Å²) in [7, 11) is 1.29. The highest BCUT2D eigenvalue weighted by molar-refractivity contribution is 9.10. The molecule has 0 amide bonds. The van der Waals surface area contributed by atoms with Crippen molar-refractivity contribution in [3.05, 3.63) is 119 Å². The zero-order valence-electron chi connectivity index (χ0n) is 23.6. The van der Waals surface area contributed by atoms with Gasteiger partial charge in [0.2, 0.25) is 0 Å². The van der Waals surface area contributed by atoms with Crippen LogP contribution in [0.15, 0.2) is 86.7 Å². The Bertz CT molecular complexity index is 1880. The molecular weight excluding hydrogens is 639 g/mol. The number of rotatable bonds is 10. The maximum absolute atomic E-state index is 13.9. The molecule has 1 aliphatic heterocycles. The van der Waals surface area contributed by atoms with Crippen molar-refractivity contribution in [2.45, 2.75) is 26.5 Å². The summed E-state index contributed by atoms with van der Waals surface area (Å²) in [4.78, 5) is 31.5. The highest BCUT2D eigenvalue weighted by Crippen LogP contribution is 2.35. The fourth-order valence-corrected chi connectivity index (χ4v) is 6.13. The van der Waals surface area contributed by atoms with E-state index < -0.39 is 12.0 Å². The van der Waals surface area contributed by atoms with Crippen LogP contribution < -0.4 is 29.1 Å². The van der Waals surface area contributed by atoms with Gasteiger partial charge in [0.05, 0.1) is 40.9 Å². The molecule has 0 saturated heterocycles. The lowest BCUT2D eigenvalue weighted by Gasteiger charge is -2.23. The SMILES string of the molecule is CCOc1ccc([C@H]2C(C(=O)OC)=CN=c3s/c(=C\c4ccc(OCc5cccc(F)c5)c(Br)c4)c(=O)n32)cc1OCC. The molecule has 0 saturated carbocycles. The summed E-state index contributed by atoms with van der Waals surface area (Å²) < 4.78 is 38.5. The van der Waals surface area contributed by atoms with Crippen molar-refractivity contribution in [1.82, 2.24) is 4.57 Å². The third-order valence-electron chi connectivity index (χ3n) is 6.55. The van der Waals surface area contributed by atoms with Crippen LogP contribution in [0.25, 0.3) is 6.08 Å². The lowest BCUT2D eigenvalue weighted by atomic mass is 9.97. The van der Waals surface area contributed by atoms with E-state index in [1.54, 1.807) is 42.5 Å². The minimum atomic E-state index is -0.786. The van der Waals surface area contributed by atoms with Gasteiger partial charge in [-0.2, -0.15) is 0 Å². The molecule has 2 heterocycles. The smallest absolute Gasteiger partial charge is 0.337 e. The first-order valence-electron chi connectivity index (χ1n) is 13.5. The highest BCUT2D eigenvalue weighted by atomic mass is 79.9. The van der Waals surface area contributed by atoms with Crippen LogP contribution in [0.1, 0.15) is 36.6 Å². The number of fused-ring (bicyclic) bond motifs is 1. The molecule has 0 unspecified atom stereocenters. The number of methoxy groups -OCH3 is 1. The predicted octanol–water partition coefficient (Wildman–Crippen LogP) is 5.30. The molecule has 0 aliphatic carbocycles. The van der Waals surface area contributed by atoms with E-state index in [2.05, 4.69) is 20.9 Å². The number of benzene rings is 3. The third-order valence-corrected chi connectivity index (χ3v) is 8.16. The Kier molecular flexibility index (Phi) is 9.42. The van der Waals surface area contributed by atoms with Crippen molar-refractivity contribution in [2.75, 3.05) is 20.3 Å². The van der Waals surface area contributed by atoms with Crippen molar-refractivity contribution in [3.63, 3.8) is 0 Å². The van der Waals surface area contributed by atoms with Gasteiger partial charge < -0.3 is 18.9 Å². The zero-order chi connectivity index (χ0) is 30.5. The van der Waals surface area contributed by atoms with E-state index in [4.69, 9.17) is 18.9 Å². The maximum atomic E-state index is 13.9. The molecule has 5 rings (SSSR count). The topological polar surface area (TPSA) is 88.4 Å². The number of esters is 1. The minimum absolute atomic E-state index is 0.202. The summed E-state index contributed by atoms with van der Waals surface area (Å²) in [5.74, 6) is 0.738. The number of carbonyl (C=O) groups excluding carboxylic acids is 1. The molecule has 222 valence electrons. The van der Waals surface area contributed by atoms with Crippen LogP contribution in [0.5, 0.6) is 17.2 Å². The Balaban J connectivity index is 1.51. The Hall–Kier alpha value is -4.22. The predicted molar refractivity (Wildman–Crippen MR) is 165 cm³/mol. The number of hydrogen-bond acceptors (Lipinski definition) is 8. The quantitative estimate of drug-likeness (QED) is 0.214. The Morgan fingerprint density at radius 1 is 1.02 bits per heavy atom. The number of thiazole rings is 1. The molecule has 0 N–H and O–H groups in total. The molecule has 4 aromatic rings. The van der Waals surface area contributed by atoms with Gasteiger partial charge in [-0.15, -0.1) is 0 Å². The van der Waals surface area contributed by atoms with Crippen LogP contribution >= 0.6 is 27.3 Å². The Morgan fingerprint density at radius 2 is 1.79 bits per heavy atom. The second kappa shape index (κ2) is 13.4. The summed E-state index contributed by atoms with van der Waals surface area (Å²) in [6.45, 7) is 4.82. The number of aromatic nitrogens is 1. The van der Waals surface area contributed by atoms with Crippen LogP contribution in [-0.4, -0.2) is 30.9 Å². The van der Waals surface area contributed by atoms with E-state index in [-0.39, 0.29) is 23.6 Å². The van der Waals surface area contributed by atoms with Crippen molar-refractivity contribution >= 4 is 39.3 Å². The monoisotopic (exact) mass is 666 g/mol. The molecule has 1 aromatic heterocycles. The van der Waals surface area contributed by atoms with Gasteiger partial charge in [-0.25, -0.2) is 14.2 Å². The molecule has 0 bridgehead atoms. The van der Waals surface area contributed by atoms with E-state index in [0.717, 1.165) is 5.56 Å². The van der Waals surface area contributed by atoms with Gasteiger partial charge in [0.15, 0.2) is 16.3 Å². The van der Waals surface area contributed by atoms with Crippen LogP contribution in [0, 0.1) is 5.82 Å². The largest absolute Gasteiger partial charge is 0.490 e. The average molecular weight is 668 g/mol. The number of nitrogens with zero attached hydrogens (tertiary/aromatic N) is 2. The lowest BCUT2D eigenvalue weighted by Crippen LogP contribution is -2.39. The van der Waals surface area contributed by atoms with Gasteiger partial charge >= 0.3 is 5.97 Å². The summed E-state index contributed by atoms with van der Waals surface area (Å²) in [5, 5.41) is 0. The summed E-state index contributed by atoms with van der Waals surface area (Å²) in [6.07, 6.45) is 3.21. The average Bonchev–Trinajstić information content (AvgIpc) is 3.31. The zero-order valence-corrected chi connectivity index (χ0v) is 26.0. The van der Waals surface area contributed by atoms with Gasteiger partial charge in [0, 0.05) is 6.20 Å². The van der Waals surface area contributed by atoms with Gasteiger partial charge in [0.25, 0.3) is 5.56 Å². The molecule has 43 heavy (non-hydrogen) atoms. The second-order valence-electron chi connectivity index (χ2n) is 9.36. The van der Waals surface area contributed by atoms with Crippen LogP contribution in [0.4, 0.5) is 4.39 Å². The first-order valence-corrected chi connectivity index (χ1v) is 15.1. The van der Waals surface area contributed by atoms with Gasteiger partial charge in [0.1, 0.15) is 18.2 Å². The number of hydrogen-bond donors (Lipinski definition) is 0.